The number of carboxylic acid groups (broad SMARTS) is 1. The van der Waals surface area contributed by atoms with Crippen molar-refractivity contribution < 1.29 is 23.1 Å². The number of ether oxygens (including phenoxy) is 1. The van der Waals surface area contributed by atoms with Crippen LogP contribution in [-0.4, -0.2) is 42.7 Å². The highest BCUT2D eigenvalue weighted by Gasteiger charge is 2.38. The van der Waals surface area contributed by atoms with Gasteiger partial charge in [-0.3, -0.25) is 4.79 Å². The molecule has 0 radical (unpaired) electrons. The van der Waals surface area contributed by atoms with Crippen LogP contribution in [-0.2, 0) is 19.4 Å². The number of hydrogen-bond acceptors (Lipinski definition) is 4. The molecule has 0 amide bonds. The van der Waals surface area contributed by atoms with Crippen molar-refractivity contribution in [1.82, 2.24) is 0 Å². The molecule has 17 heavy (non-hydrogen) atoms. The average molecular weight is 264 g/mol. The van der Waals surface area contributed by atoms with E-state index >= 15 is 0 Å². The van der Waals surface area contributed by atoms with E-state index in [4.69, 9.17) is 9.84 Å². The van der Waals surface area contributed by atoms with Gasteiger partial charge in [0.15, 0.2) is 15.1 Å². The highest BCUT2D eigenvalue weighted by molar-refractivity contribution is 7.92. The second-order valence-electron chi connectivity index (χ2n) is 4.98. The minimum Gasteiger partial charge on any atom is -0.480 e. The van der Waals surface area contributed by atoms with Gasteiger partial charge < -0.3 is 9.84 Å². The molecule has 1 aliphatic heterocycles. The van der Waals surface area contributed by atoms with Crippen molar-refractivity contribution in [2.24, 2.45) is 5.92 Å². The lowest BCUT2D eigenvalue weighted by Crippen LogP contribution is -2.39. The van der Waals surface area contributed by atoms with E-state index in [1.54, 1.807) is 13.8 Å². The summed E-state index contributed by atoms with van der Waals surface area (Å²) in [5.41, 5.74) is 0. The van der Waals surface area contributed by atoms with Gasteiger partial charge in [0, 0.05) is 0 Å². The van der Waals surface area contributed by atoms with Crippen LogP contribution in [0.2, 0.25) is 0 Å². The maximum absolute atomic E-state index is 12.0. The zero-order chi connectivity index (χ0) is 13.2. The molecule has 0 bridgehead atoms. The number of rotatable bonds is 5. The SMILES string of the molecule is CC1CCC(CS(=O)(=O)C(C(=O)O)C(C)C)O1. The third kappa shape index (κ3) is 3.67. The van der Waals surface area contributed by atoms with Crippen LogP contribution in [0.1, 0.15) is 33.6 Å². The van der Waals surface area contributed by atoms with Gasteiger partial charge in [0.25, 0.3) is 0 Å². The van der Waals surface area contributed by atoms with Crippen LogP contribution in [0.3, 0.4) is 0 Å². The Morgan fingerprint density at radius 2 is 2.00 bits per heavy atom. The molecule has 0 aromatic heterocycles. The summed E-state index contributed by atoms with van der Waals surface area (Å²) < 4.78 is 29.5. The molecule has 3 atom stereocenters. The molecular weight excluding hydrogens is 244 g/mol. The number of sulfone groups is 1. The third-order valence-electron chi connectivity index (χ3n) is 2.97. The molecule has 3 unspecified atom stereocenters. The van der Waals surface area contributed by atoms with E-state index in [1.165, 1.54) is 0 Å². The quantitative estimate of drug-likeness (QED) is 0.803. The van der Waals surface area contributed by atoms with Gasteiger partial charge in [-0.25, -0.2) is 8.42 Å². The van der Waals surface area contributed by atoms with Gasteiger partial charge in [-0.2, -0.15) is 0 Å². The van der Waals surface area contributed by atoms with Crippen molar-refractivity contribution in [3.63, 3.8) is 0 Å². The second-order valence-corrected chi connectivity index (χ2v) is 7.15. The monoisotopic (exact) mass is 264 g/mol. The van der Waals surface area contributed by atoms with Gasteiger partial charge in [0.05, 0.1) is 18.0 Å². The number of carboxylic acids is 1. The fraction of sp³-hybridized carbons (Fsp3) is 0.909. The van der Waals surface area contributed by atoms with Gasteiger partial charge in [0.1, 0.15) is 0 Å². The number of aliphatic carboxylic acids is 1. The van der Waals surface area contributed by atoms with E-state index < -0.39 is 27.0 Å². The maximum Gasteiger partial charge on any atom is 0.322 e. The zero-order valence-corrected chi connectivity index (χ0v) is 11.2. The Morgan fingerprint density at radius 1 is 1.41 bits per heavy atom. The van der Waals surface area contributed by atoms with Crippen LogP contribution in [0.15, 0.2) is 0 Å². The van der Waals surface area contributed by atoms with Crippen molar-refractivity contribution in [1.29, 1.82) is 0 Å². The smallest absolute Gasteiger partial charge is 0.322 e. The normalized spacial score (nSPS) is 27.3. The molecule has 6 heteroatoms. The Balaban J connectivity index is 2.76. The molecule has 0 aliphatic carbocycles. The van der Waals surface area contributed by atoms with Gasteiger partial charge in [-0.05, 0) is 25.7 Å². The number of carbonyl (C=O) groups is 1. The molecule has 0 spiro atoms. The second kappa shape index (κ2) is 5.35. The standard InChI is InChI=1S/C11H20O5S/c1-7(2)10(11(12)13)17(14,15)6-9-5-4-8(3)16-9/h7-10H,4-6H2,1-3H3,(H,12,13). The topological polar surface area (TPSA) is 80.7 Å². The van der Waals surface area contributed by atoms with Crippen molar-refractivity contribution in [3.05, 3.63) is 0 Å². The molecular formula is C11H20O5S. The summed E-state index contributed by atoms with van der Waals surface area (Å²) in [7, 11) is -3.65. The molecule has 0 aromatic rings. The first-order valence-corrected chi connectivity index (χ1v) is 7.55. The Kier molecular flexibility index (Phi) is 4.55. The van der Waals surface area contributed by atoms with Crippen LogP contribution in [0.25, 0.3) is 0 Å². The van der Waals surface area contributed by atoms with Crippen molar-refractivity contribution >= 4 is 15.8 Å². The molecule has 1 aliphatic rings. The number of hydrogen-bond donors (Lipinski definition) is 1. The van der Waals surface area contributed by atoms with E-state index in [2.05, 4.69) is 0 Å². The van der Waals surface area contributed by atoms with Gasteiger partial charge in [-0.1, -0.05) is 13.8 Å². The van der Waals surface area contributed by atoms with E-state index in [0.29, 0.717) is 6.42 Å². The summed E-state index contributed by atoms with van der Waals surface area (Å²) in [5.74, 6) is -1.89. The Hall–Kier alpha value is -0.620. The Bertz CT molecular complexity index is 373. The minimum atomic E-state index is -3.65. The first-order chi connectivity index (χ1) is 7.74. The van der Waals surface area contributed by atoms with Crippen LogP contribution < -0.4 is 0 Å². The lowest BCUT2D eigenvalue weighted by atomic mass is 10.1. The van der Waals surface area contributed by atoms with Crippen molar-refractivity contribution in [2.75, 3.05) is 5.75 Å². The van der Waals surface area contributed by atoms with Gasteiger partial charge in [0.2, 0.25) is 0 Å². The van der Waals surface area contributed by atoms with E-state index in [1.807, 2.05) is 6.92 Å². The van der Waals surface area contributed by atoms with Gasteiger partial charge in [-0.15, -0.1) is 0 Å². The first kappa shape index (κ1) is 14.4. The fourth-order valence-corrected chi connectivity index (χ4v) is 4.33. The fourth-order valence-electron chi connectivity index (χ4n) is 2.22. The third-order valence-corrected chi connectivity index (χ3v) is 5.33. The lowest BCUT2D eigenvalue weighted by Gasteiger charge is -2.19. The van der Waals surface area contributed by atoms with E-state index in [9.17, 15) is 13.2 Å². The largest absolute Gasteiger partial charge is 0.480 e. The summed E-state index contributed by atoms with van der Waals surface area (Å²) >= 11 is 0. The molecule has 1 heterocycles. The molecule has 1 saturated heterocycles. The van der Waals surface area contributed by atoms with Gasteiger partial charge >= 0.3 is 5.97 Å². The maximum atomic E-state index is 12.0. The first-order valence-electron chi connectivity index (χ1n) is 5.84. The Labute approximate surface area is 102 Å². The van der Waals surface area contributed by atoms with Crippen molar-refractivity contribution in [3.8, 4) is 0 Å². The Morgan fingerprint density at radius 3 is 2.35 bits per heavy atom. The summed E-state index contributed by atoms with van der Waals surface area (Å²) in [4.78, 5) is 11.0. The van der Waals surface area contributed by atoms with E-state index in [0.717, 1.165) is 6.42 Å². The van der Waals surface area contributed by atoms with Crippen molar-refractivity contribution in [2.45, 2.75) is 51.1 Å². The summed E-state index contributed by atoms with van der Waals surface area (Å²) in [6.07, 6.45) is 1.23. The van der Waals surface area contributed by atoms with Crippen LogP contribution in [0.4, 0.5) is 0 Å². The highest BCUT2D eigenvalue weighted by atomic mass is 32.2. The molecule has 5 nitrogen and oxygen atoms in total. The predicted molar refractivity (Wildman–Crippen MR) is 63.6 cm³/mol. The molecule has 0 aromatic carbocycles. The molecule has 1 N–H and O–H groups in total. The van der Waals surface area contributed by atoms with E-state index in [-0.39, 0.29) is 18.0 Å². The lowest BCUT2D eigenvalue weighted by molar-refractivity contribution is -0.137. The van der Waals surface area contributed by atoms with Crippen LogP contribution >= 0.6 is 0 Å². The molecule has 1 fully saturated rings. The molecule has 100 valence electrons. The zero-order valence-electron chi connectivity index (χ0n) is 10.4. The predicted octanol–water partition coefficient (Wildman–Crippen LogP) is 1.08. The molecule has 1 rings (SSSR count). The highest BCUT2D eigenvalue weighted by Crippen LogP contribution is 2.23. The summed E-state index contributed by atoms with van der Waals surface area (Å²) in [6.45, 7) is 5.10. The molecule has 0 saturated carbocycles. The van der Waals surface area contributed by atoms with Crippen LogP contribution in [0.5, 0.6) is 0 Å². The average Bonchev–Trinajstić information content (AvgIpc) is 2.47. The minimum absolute atomic E-state index is 0.0672. The van der Waals surface area contributed by atoms with Crippen LogP contribution in [0, 0.1) is 5.92 Å². The summed E-state index contributed by atoms with van der Waals surface area (Å²) in [5, 5.41) is 7.65. The summed E-state index contributed by atoms with van der Waals surface area (Å²) in [6, 6.07) is 0.